The highest BCUT2D eigenvalue weighted by atomic mass is 32.2. The van der Waals surface area contributed by atoms with Gasteiger partial charge < -0.3 is 4.74 Å². The number of rotatable bonds is 6. The van der Waals surface area contributed by atoms with E-state index in [2.05, 4.69) is 4.72 Å². The Balaban J connectivity index is 2.13. The van der Waals surface area contributed by atoms with Crippen LogP contribution in [0.25, 0.3) is 10.1 Å². The second-order valence-electron chi connectivity index (χ2n) is 4.85. The van der Waals surface area contributed by atoms with Crippen LogP contribution in [0.4, 0.5) is 0 Å². The minimum absolute atomic E-state index is 0.0290. The molecule has 0 saturated carbocycles. The number of methoxy groups -OCH3 is 1. The topological polar surface area (TPSA) is 55.4 Å². The molecule has 4 nitrogen and oxygen atoms in total. The molecule has 0 spiro atoms. The first-order chi connectivity index (χ1) is 9.41. The second-order valence-corrected chi connectivity index (χ2v) is 7.77. The zero-order valence-electron chi connectivity index (χ0n) is 11.8. The zero-order valence-corrected chi connectivity index (χ0v) is 13.4. The summed E-state index contributed by atoms with van der Waals surface area (Å²) in [4.78, 5) is 1.01. The lowest BCUT2D eigenvalue weighted by molar-refractivity contribution is 0.136. The van der Waals surface area contributed by atoms with E-state index in [-0.39, 0.29) is 17.9 Å². The van der Waals surface area contributed by atoms with E-state index in [1.54, 1.807) is 18.3 Å². The molecular weight excluding hydrogens is 294 g/mol. The molecule has 0 bridgehead atoms. The van der Waals surface area contributed by atoms with Gasteiger partial charge in [-0.25, -0.2) is 13.1 Å². The molecule has 2 atom stereocenters. The van der Waals surface area contributed by atoms with E-state index in [4.69, 9.17) is 4.74 Å². The van der Waals surface area contributed by atoms with Gasteiger partial charge in [0.05, 0.1) is 17.9 Å². The molecule has 0 amide bonds. The van der Waals surface area contributed by atoms with Crippen LogP contribution in [0.2, 0.25) is 0 Å². The molecular formula is C14H19NO3S2. The van der Waals surface area contributed by atoms with Gasteiger partial charge in [0.15, 0.2) is 0 Å². The third-order valence-electron chi connectivity index (χ3n) is 3.08. The molecule has 1 aromatic heterocycles. The summed E-state index contributed by atoms with van der Waals surface area (Å²) in [7, 11) is -1.84. The Bertz CT molecular complexity index is 646. The summed E-state index contributed by atoms with van der Waals surface area (Å²) in [6.07, 6.45) is -0.317. The molecule has 0 radical (unpaired) electrons. The van der Waals surface area contributed by atoms with E-state index >= 15 is 0 Å². The van der Waals surface area contributed by atoms with Gasteiger partial charge in [0.25, 0.3) is 0 Å². The van der Waals surface area contributed by atoms with Crippen molar-refractivity contribution >= 4 is 31.4 Å². The van der Waals surface area contributed by atoms with E-state index in [9.17, 15) is 8.42 Å². The van der Waals surface area contributed by atoms with Crippen molar-refractivity contribution in [2.75, 3.05) is 12.9 Å². The van der Waals surface area contributed by atoms with Crippen molar-refractivity contribution in [2.24, 2.45) is 0 Å². The van der Waals surface area contributed by atoms with E-state index in [0.717, 1.165) is 10.3 Å². The quantitative estimate of drug-likeness (QED) is 0.892. The molecule has 0 saturated heterocycles. The maximum absolute atomic E-state index is 12.0. The summed E-state index contributed by atoms with van der Waals surface area (Å²) < 4.78 is 32.9. The van der Waals surface area contributed by atoms with Crippen molar-refractivity contribution in [2.45, 2.75) is 26.0 Å². The summed E-state index contributed by atoms with van der Waals surface area (Å²) in [6, 6.07) is 9.83. The number of fused-ring (bicyclic) bond motifs is 1. The standard InChI is InChI=1S/C14H19NO3S2/c1-10(18-3)9-20(16,17)15-11(2)14-8-12-6-4-5-7-13(12)19-14/h4-8,10-11,15H,9H2,1-3H3/t10-,11-/m0/s1. The van der Waals surface area contributed by atoms with Crippen molar-refractivity contribution in [1.29, 1.82) is 0 Å². The highest BCUT2D eigenvalue weighted by Gasteiger charge is 2.20. The highest BCUT2D eigenvalue weighted by Crippen LogP contribution is 2.29. The molecule has 1 aromatic carbocycles. The van der Waals surface area contributed by atoms with Gasteiger partial charge in [0.2, 0.25) is 10.0 Å². The fourth-order valence-electron chi connectivity index (χ4n) is 1.97. The van der Waals surface area contributed by atoms with Gasteiger partial charge in [0, 0.05) is 16.7 Å². The lowest BCUT2D eigenvalue weighted by Crippen LogP contribution is -2.33. The Hall–Kier alpha value is -0.950. The molecule has 2 rings (SSSR count). The van der Waals surface area contributed by atoms with Crippen LogP contribution in [-0.2, 0) is 14.8 Å². The van der Waals surface area contributed by atoms with E-state index < -0.39 is 10.0 Å². The molecule has 6 heteroatoms. The average molecular weight is 313 g/mol. The SMILES string of the molecule is CO[C@@H](C)CS(=O)(=O)N[C@@H](C)c1cc2ccccc2s1. The summed E-state index contributed by atoms with van der Waals surface area (Å²) in [5.41, 5.74) is 0. The number of sulfonamides is 1. The molecule has 0 aliphatic heterocycles. The first-order valence-corrected chi connectivity index (χ1v) is 8.89. The van der Waals surface area contributed by atoms with Gasteiger partial charge >= 0.3 is 0 Å². The van der Waals surface area contributed by atoms with Crippen LogP contribution in [0, 0.1) is 0 Å². The number of hydrogen-bond donors (Lipinski definition) is 1. The van der Waals surface area contributed by atoms with Crippen molar-refractivity contribution < 1.29 is 13.2 Å². The van der Waals surface area contributed by atoms with Gasteiger partial charge in [0.1, 0.15) is 0 Å². The Morgan fingerprint density at radius 1 is 1.30 bits per heavy atom. The molecule has 0 fully saturated rings. The first-order valence-electron chi connectivity index (χ1n) is 6.42. The minimum atomic E-state index is -3.35. The molecule has 0 unspecified atom stereocenters. The largest absolute Gasteiger partial charge is 0.381 e. The average Bonchev–Trinajstić information content (AvgIpc) is 2.81. The van der Waals surface area contributed by atoms with Crippen LogP contribution in [0.1, 0.15) is 24.8 Å². The fourth-order valence-corrected chi connectivity index (χ4v) is 4.63. The highest BCUT2D eigenvalue weighted by molar-refractivity contribution is 7.89. The number of benzene rings is 1. The lowest BCUT2D eigenvalue weighted by Gasteiger charge is -2.15. The molecule has 0 aliphatic carbocycles. The van der Waals surface area contributed by atoms with Crippen molar-refractivity contribution in [3.63, 3.8) is 0 Å². The summed E-state index contributed by atoms with van der Waals surface area (Å²) in [5.74, 6) is -0.0290. The Labute approximate surface area is 123 Å². The summed E-state index contributed by atoms with van der Waals surface area (Å²) in [6.45, 7) is 3.60. The van der Waals surface area contributed by atoms with Crippen LogP contribution in [0.3, 0.4) is 0 Å². The normalized spacial score (nSPS) is 15.3. The molecule has 2 aromatic rings. The van der Waals surface area contributed by atoms with Crippen molar-refractivity contribution in [1.82, 2.24) is 4.72 Å². The van der Waals surface area contributed by atoms with Gasteiger partial charge in [-0.3, -0.25) is 0 Å². The van der Waals surface area contributed by atoms with Gasteiger partial charge in [-0.15, -0.1) is 11.3 Å². The monoisotopic (exact) mass is 313 g/mol. The van der Waals surface area contributed by atoms with Crippen molar-refractivity contribution in [3.05, 3.63) is 35.2 Å². The van der Waals surface area contributed by atoms with Crippen LogP contribution >= 0.6 is 11.3 Å². The summed E-state index contributed by atoms with van der Waals surface area (Å²) in [5, 5.41) is 1.14. The van der Waals surface area contributed by atoms with E-state index in [1.807, 2.05) is 37.3 Å². The Morgan fingerprint density at radius 2 is 2.00 bits per heavy atom. The van der Waals surface area contributed by atoms with Crippen molar-refractivity contribution in [3.8, 4) is 0 Å². The Kier molecular flexibility index (Phi) is 4.80. The van der Waals surface area contributed by atoms with Gasteiger partial charge in [-0.1, -0.05) is 18.2 Å². The maximum Gasteiger partial charge on any atom is 0.214 e. The molecule has 1 heterocycles. The second kappa shape index (κ2) is 6.22. The van der Waals surface area contributed by atoms with E-state index in [0.29, 0.717) is 0 Å². The molecule has 20 heavy (non-hydrogen) atoms. The smallest absolute Gasteiger partial charge is 0.214 e. The fraction of sp³-hybridized carbons (Fsp3) is 0.429. The predicted octanol–water partition coefficient (Wildman–Crippen LogP) is 2.92. The Morgan fingerprint density at radius 3 is 2.65 bits per heavy atom. The molecule has 1 N–H and O–H groups in total. The van der Waals surface area contributed by atoms with Crippen LogP contribution in [0.5, 0.6) is 0 Å². The van der Waals surface area contributed by atoms with Gasteiger partial charge in [-0.05, 0) is 31.4 Å². The summed E-state index contributed by atoms with van der Waals surface area (Å²) >= 11 is 1.61. The van der Waals surface area contributed by atoms with Crippen LogP contribution in [0.15, 0.2) is 30.3 Å². The number of thiophene rings is 1. The third-order valence-corrected chi connectivity index (χ3v) is 6.00. The third kappa shape index (κ3) is 3.79. The van der Waals surface area contributed by atoms with Gasteiger partial charge in [-0.2, -0.15) is 0 Å². The van der Waals surface area contributed by atoms with E-state index in [1.165, 1.54) is 11.8 Å². The number of nitrogens with one attached hydrogen (secondary N) is 1. The predicted molar refractivity (Wildman–Crippen MR) is 83.6 cm³/mol. The zero-order chi connectivity index (χ0) is 14.8. The first kappa shape index (κ1) is 15.4. The molecule has 0 aliphatic rings. The minimum Gasteiger partial charge on any atom is -0.381 e. The maximum atomic E-state index is 12.0. The van der Waals surface area contributed by atoms with Crippen LogP contribution in [-0.4, -0.2) is 27.4 Å². The number of ether oxygens (including phenoxy) is 1. The molecule has 110 valence electrons. The lowest BCUT2D eigenvalue weighted by atomic mass is 10.2. The van der Waals surface area contributed by atoms with Crippen LogP contribution < -0.4 is 4.72 Å². The number of hydrogen-bond acceptors (Lipinski definition) is 4.